The molecule has 192 valence electrons. The molecular weight excluding hydrogens is 430 g/mol. The molecular formula is C32H47NO2. The highest BCUT2D eigenvalue weighted by atomic mass is 16.5. The summed E-state index contributed by atoms with van der Waals surface area (Å²) < 4.78 is 5.73. The van der Waals surface area contributed by atoms with E-state index in [4.69, 9.17) is 4.74 Å². The standard InChI is InChI=1S/C32H47NO2/c1-3-5-7-8-10-11-26-13-19-29(20-14-26)32(34)35-31-23-17-27(18-24-31)15-21-30-22-16-28(25-33-30)12-9-6-4-2/h16-18,22-26,29H,3-15,19-21H2,1-2H3. The first-order valence-electron chi connectivity index (χ1n) is 14.4. The number of nitrogens with zero attached hydrogens (tertiary/aromatic N) is 1. The number of carbonyl (C=O) groups is 1. The van der Waals surface area contributed by atoms with Gasteiger partial charge < -0.3 is 4.74 Å². The first-order valence-corrected chi connectivity index (χ1v) is 14.4. The van der Waals surface area contributed by atoms with Gasteiger partial charge in [0.15, 0.2) is 0 Å². The van der Waals surface area contributed by atoms with Crippen LogP contribution in [-0.4, -0.2) is 11.0 Å². The zero-order valence-electron chi connectivity index (χ0n) is 22.3. The average Bonchev–Trinajstić information content (AvgIpc) is 2.89. The monoisotopic (exact) mass is 477 g/mol. The maximum atomic E-state index is 12.7. The predicted octanol–water partition coefficient (Wildman–Crippen LogP) is 8.67. The van der Waals surface area contributed by atoms with Gasteiger partial charge in [-0.15, -0.1) is 0 Å². The van der Waals surface area contributed by atoms with Crippen LogP contribution in [0.1, 0.15) is 114 Å². The number of pyridine rings is 1. The number of rotatable bonds is 15. The molecule has 1 aliphatic carbocycles. The molecule has 3 heteroatoms. The van der Waals surface area contributed by atoms with Crippen LogP contribution in [0.4, 0.5) is 0 Å². The lowest BCUT2D eigenvalue weighted by atomic mass is 9.80. The zero-order chi connectivity index (χ0) is 24.7. The van der Waals surface area contributed by atoms with Gasteiger partial charge in [0.25, 0.3) is 0 Å². The third-order valence-corrected chi connectivity index (χ3v) is 7.66. The minimum Gasteiger partial charge on any atom is -0.426 e. The summed E-state index contributed by atoms with van der Waals surface area (Å²) in [6.07, 6.45) is 21.3. The van der Waals surface area contributed by atoms with Crippen molar-refractivity contribution in [3.63, 3.8) is 0 Å². The lowest BCUT2D eigenvalue weighted by Crippen LogP contribution is -2.25. The lowest BCUT2D eigenvalue weighted by molar-refractivity contribution is -0.140. The van der Waals surface area contributed by atoms with E-state index in [2.05, 4.69) is 43.1 Å². The summed E-state index contributed by atoms with van der Waals surface area (Å²) in [5, 5.41) is 0. The van der Waals surface area contributed by atoms with Gasteiger partial charge in [0, 0.05) is 11.9 Å². The molecule has 0 aliphatic heterocycles. The molecule has 3 nitrogen and oxygen atoms in total. The lowest BCUT2D eigenvalue weighted by Gasteiger charge is -2.27. The van der Waals surface area contributed by atoms with Gasteiger partial charge in [-0.05, 0) is 86.6 Å². The van der Waals surface area contributed by atoms with E-state index in [1.165, 1.54) is 81.8 Å². The Morgan fingerprint density at radius 3 is 2.14 bits per heavy atom. The SMILES string of the molecule is CCCCCCCC1CCC(C(=O)Oc2ccc(CCc3ccc(CCCCC)cn3)cc2)CC1. The Balaban J connectivity index is 1.34. The summed E-state index contributed by atoms with van der Waals surface area (Å²) in [6.45, 7) is 4.50. The number of hydrogen-bond acceptors (Lipinski definition) is 3. The number of benzene rings is 1. The van der Waals surface area contributed by atoms with Crippen molar-refractivity contribution in [2.45, 2.75) is 117 Å². The summed E-state index contributed by atoms with van der Waals surface area (Å²) in [5.74, 6) is 1.52. The molecule has 1 heterocycles. The molecule has 0 bridgehead atoms. The number of ether oxygens (including phenoxy) is 1. The summed E-state index contributed by atoms with van der Waals surface area (Å²) in [6, 6.07) is 12.4. The van der Waals surface area contributed by atoms with Crippen LogP contribution in [0, 0.1) is 11.8 Å². The van der Waals surface area contributed by atoms with E-state index in [1.54, 1.807) is 0 Å². The van der Waals surface area contributed by atoms with E-state index in [9.17, 15) is 4.79 Å². The van der Waals surface area contributed by atoms with Crippen LogP contribution in [0.2, 0.25) is 0 Å². The fourth-order valence-corrected chi connectivity index (χ4v) is 5.25. The largest absolute Gasteiger partial charge is 0.426 e. The van der Waals surface area contributed by atoms with Gasteiger partial charge >= 0.3 is 5.97 Å². The van der Waals surface area contributed by atoms with Crippen LogP contribution in [0.3, 0.4) is 0 Å². The van der Waals surface area contributed by atoms with Crippen molar-refractivity contribution in [2.75, 3.05) is 0 Å². The normalized spacial score (nSPS) is 17.9. The molecule has 0 unspecified atom stereocenters. The number of aryl methyl sites for hydroxylation is 3. The van der Waals surface area contributed by atoms with E-state index in [0.717, 1.165) is 43.7 Å². The Bertz CT molecular complexity index is 835. The van der Waals surface area contributed by atoms with Gasteiger partial charge in [-0.1, -0.05) is 83.4 Å². The summed E-state index contributed by atoms with van der Waals surface area (Å²) in [5.41, 5.74) is 3.72. The van der Waals surface area contributed by atoms with Crippen LogP contribution in [0.5, 0.6) is 5.75 Å². The van der Waals surface area contributed by atoms with Crippen molar-refractivity contribution in [3.05, 3.63) is 59.4 Å². The van der Waals surface area contributed by atoms with E-state index in [0.29, 0.717) is 5.75 Å². The second-order valence-corrected chi connectivity index (χ2v) is 10.6. The van der Waals surface area contributed by atoms with Gasteiger partial charge in [0.1, 0.15) is 5.75 Å². The predicted molar refractivity (Wildman–Crippen MR) is 146 cm³/mol. The third kappa shape index (κ3) is 10.2. The summed E-state index contributed by atoms with van der Waals surface area (Å²) in [7, 11) is 0. The zero-order valence-corrected chi connectivity index (χ0v) is 22.3. The van der Waals surface area contributed by atoms with Crippen LogP contribution in [-0.2, 0) is 24.1 Å². The van der Waals surface area contributed by atoms with E-state index >= 15 is 0 Å². The fourth-order valence-electron chi connectivity index (χ4n) is 5.25. The van der Waals surface area contributed by atoms with Gasteiger partial charge in [0.2, 0.25) is 0 Å². The molecule has 1 aromatic carbocycles. The summed E-state index contributed by atoms with van der Waals surface area (Å²) in [4.78, 5) is 17.3. The highest BCUT2D eigenvalue weighted by Gasteiger charge is 2.27. The maximum Gasteiger partial charge on any atom is 0.314 e. The van der Waals surface area contributed by atoms with Gasteiger partial charge in [-0.3, -0.25) is 9.78 Å². The van der Waals surface area contributed by atoms with Gasteiger partial charge in [0.05, 0.1) is 5.92 Å². The Labute approximate surface area is 214 Å². The van der Waals surface area contributed by atoms with Crippen LogP contribution in [0.25, 0.3) is 0 Å². The van der Waals surface area contributed by atoms with Crippen molar-refractivity contribution in [1.82, 2.24) is 4.98 Å². The molecule has 2 aromatic rings. The minimum absolute atomic E-state index is 0.0395. The Hall–Kier alpha value is -2.16. The molecule has 0 spiro atoms. The number of unbranched alkanes of at least 4 members (excludes halogenated alkanes) is 6. The molecule has 0 radical (unpaired) electrons. The van der Waals surface area contributed by atoms with E-state index in [1.807, 2.05) is 18.3 Å². The van der Waals surface area contributed by atoms with Gasteiger partial charge in [-0.2, -0.15) is 0 Å². The molecule has 0 atom stereocenters. The third-order valence-electron chi connectivity index (χ3n) is 7.66. The van der Waals surface area contributed by atoms with Crippen molar-refractivity contribution in [2.24, 2.45) is 11.8 Å². The molecule has 0 saturated heterocycles. The van der Waals surface area contributed by atoms with Crippen molar-refractivity contribution >= 4 is 5.97 Å². The van der Waals surface area contributed by atoms with Crippen LogP contribution < -0.4 is 4.74 Å². The molecule has 1 fully saturated rings. The van der Waals surface area contributed by atoms with Crippen molar-refractivity contribution in [3.8, 4) is 5.75 Å². The number of aromatic nitrogens is 1. The molecule has 35 heavy (non-hydrogen) atoms. The molecule has 1 aliphatic rings. The fraction of sp³-hybridized carbons (Fsp3) is 0.625. The van der Waals surface area contributed by atoms with E-state index in [-0.39, 0.29) is 11.9 Å². The minimum atomic E-state index is -0.0395. The second-order valence-electron chi connectivity index (χ2n) is 10.6. The van der Waals surface area contributed by atoms with Crippen LogP contribution >= 0.6 is 0 Å². The number of carbonyl (C=O) groups excluding carboxylic acids is 1. The molecule has 0 N–H and O–H groups in total. The smallest absolute Gasteiger partial charge is 0.314 e. The maximum absolute atomic E-state index is 12.7. The Morgan fingerprint density at radius 2 is 1.46 bits per heavy atom. The Morgan fingerprint density at radius 1 is 0.771 bits per heavy atom. The molecule has 0 amide bonds. The summed E-state index contributed by atoms with van der Waals surface area (Å²) >= 11 is 0. The quantitative estimate of drug-likeness (QED) is 0.146. The molecule has 3 rings (SSSR count). The van der Waals surface area contributed by atoms with Crippen LogP contribution in [0.15, 0.2) is 42.6 Å². The first kappa shape index (κ1) is 27.4. The first-order chi connectivity index (χ1) is 17.2. The number of esters is 1. The van der Waals surface area contributed by atoms with E-state index < -0.39 is 0 Å². The van der Waals surface area contributed by atoms with Crippen molar-refractivity contribution in [1.29, 1.82) is 0 Å². The van der Waals surface area contributed by atoms with Gasteiger partial charge in [-0.25, -0.2) is 0 Å². The average molecular weight is 478 g/mol. The molecule has 1 aromatic heterocycles. The highest BCUT2D eigenvalue weighted by Crippen LogP contribution is 2.33. The van der Waals surface area contributed by atoms with Crippen molar-refractivity contribution < 1.29 is 9.53 Å². The molecule has 1 saturated carbocycles. The number of hydrogen-bond donors (Lipinski definition) is 0. The second kappa shape index (κ2) is 15.8. The highest BCUT2D eigenvalue weighted by molar-refractivity contribution is 5.75. The Kier molecular flexibility index (Phi) is 12.3. The topological polar surface area (TPSA) is 39.2 Å².